The van der Waals surface area contributed by atoms with E-state index in [4.69, 9.17) is 11.5 Å². The fraction of sp³-hybridized carbons (Fsp3) is 0. The minimum atomic E-state index is -0.730. The van der Waals surface area contributed by atoms with Gasteiger partial charge in [-0.2, -0.15) is 5.10 Å². The molecule has 0 aliphatic rings. The van der Waals surface area contributed by atoms with E-state index < -0.39 is 6.03 Å². The predicted octanol–water partition coefficient (Wildman–Crippen LogP) is 2.45. The second-order valence-electron chi connectivity index (χ2n) is 4.03. The number of amides is 2. The van der Waals surface area contributed by atoms with Gasteiger partial charge in [0.25, 0.3) is 0 Å². The molecule has 2 amide bonds. The van der Waals surface area contributed by atoms with E-state index in [0.29, 0.717) is 17.0 Å². The van der Waals surface area contributed by atoms with Gasteiger partial charge in [0.1, 0.15) is 5.71 Å². The van der Waals surface area contributed by atoms with E-state index in [1.54, 1.807) is 6.07 Å². The first-order valence-electron chi connectivity index (χ1n) is 5.82. The Morgan fingerprint density at radius 2 is 1.85 bits per heavy atom. The van der Waals surface area contributed by atoms with Crippen LogP contribution in [0.5, 0.6) is 0 Å². The molecule has 2 rings (SSSR count). The average molecular weight is 333 g/mol. The number of nitrogens with zero attached hydrogens (tertiary/aromatic N) is 1. The molecule has 102 valence electrons. The average Bonchev–Trinajstić information content (AvgIpc) is 2.43. The molecule has 2 aromatic rings. The third-order valence-electron chi connectivity index (χ3n) is 2.60. The van der Waals surface area contributed by atoms with Crippen LogP contribution in [0.15, 0.2) is 58.1 Å². The van der Waals surface area contributed by atoms with Gasteiger partial charge < -0.3 is 11.5 Å². The highest BCUT2D eigenvalue weighted by Gasteiger charge is 2.11. The number of urea groups is 1. The molecule has 2 aromatic carbocycles. The lowest BCUT2D eigenvalue weighted by Crippen LogP contribution is -2.26. The third kappa shape index (κ3) is 3.36. The Bertz CT molecular complexity index is 655. The number of anilines is 1. The molecule has 0 bridgehead atoms. The maximum Gasteiger partial charge on any atom is 0.332 e. The van der Waals surface area contributed by atoms with Crippen molar-refractivity contribution in [2.24, 2.45) is 10.8 Å². The largest absolute Gasteiger partial charge is 0.398 e. The summed E-state index contributed by atoms with van der Waals surface area (Å²) in [5, 5.41) is 4.06. The minimum Gasteiger partial charge on any atom is -0.398 e. The molecule has 0 spiro atoms. The Hall–Kier alpha value is -2.34. The van der Waals surface area contributed by atoms with Gasteiger partial charge in [0.15, 0.2) is 0 Å². The monoisotopic (exact) mass is 332 g/mol. The normalized spacial score (nSPS) is 11.2. The Morgan fingerprint density at radius 1 is 1.15 bits per heavy atom. The van der Waals surface area contributed by atoms with Gasteiger partial charge >= 0.3 is 6.03 Å². The summed E-state index contributed by atoms with van der Waals surface area (Å²) < 4.78 is 0.865. The maximum absolute atomic E-state index is 10.9. The molecule has 20 heavy (non-hydrogen) atoms. The topological polar surface area (TPSA) is 93.5 Å². The number of hydrogen-bond donors (Lipinski definition) is 3. The summed E-state index contributed by atoms with van der Waals surface area (Å²) in [5.74, 6) is 0. The Kier molecular flexibility index (Phi) is 4.37. The van der Waals surface area contributed by atoms with Crippen LogP contribution in [0.25, 0.3) is 0 Å². The van der Waals surface area contributed by atoms with Gasteiger partial charge in [0, 0.05) is 21.3 Å². The summed E-state index contributed by atoms with van der Waals surface area (Å²) in [7, 11) is 0. The number of nitrogen functional groups attached to an aromatic ring is 1. The van der Waals surface area contributed by atoms with Crippen molar-refractivity contribution in [2.45, 2.75) is 0 Å². The molecule has 6 heteroatoms. The molecule has 0 fully saturated rings. The Morgan fingerprint density at radius 3 is 2.50 bits per heavy atom. The van der Waals surface area contributed by atoms with E-state index in [1.807, 2.05) is 42.5 Å². The van der Waals surface area contributed by atoms with Gasteiger partial charge in [-0.25, -0.2) is 10.2 Å². The molecule has 0 unspecified atom stereocenters. The zero-order chi connectivity index (χ0) is 14.5. The second-order valence-corrected chi connectivity index (χ2v) is 4.95. The van der Waals surface area contributed by atoms with E-state index in [1.165, 1.54) is 0 Å². The van der Waals surface area contributed by atoms with Crippen molar-refractivity contribution in [3.63, 3.8) is 0 Å². The van der Waals surface area contributed by atoms with Crippen molar-refractivity contribution in [1.82, 2.24) is 5.43 Å². The van der Waals surface area contributed by atoms with Crippen molar-refractivity contribution < 1.29 is 4.79 Å². The van der Waals surface area contributed by atoms with Crippen LogP contribution in [0.2, 0.25) is 0 Å². The second kappa shape index (κ2) is 6.21. The molecule has 5 N–H and O–H groups in total. The standard InChI is InChI=1S/C14H13BrN4O/c15-10-6-7-12(16)11(8-10)13(18-19-14(17)20)9-4-2-1-3-5-9/h1-8H,16H2,(H3,17,19,20)/b18-13-. The molecule has 0 aliphatic heterocycles. The molecule has 5 nitrogen and oxygen atoms in total. The number of nitrogens with two attached hydrogens (primary N) is 2. The van der Waals surface area contributed by atoms with Gasteiger partial charge in [-0.15, -0.1) is 0 Å². The van der Waals surface area contributed by atoms with Crippen molar-refractivity contribution in [3.8, 4) is 0 Å². The first-order valence-corrected chi connectivity index (χ1v) is 6.61. The van der Waals surface area contributed by atoms with Crippen LogP contribution in [0.1, 0.15) is 11.1 Å². The zero-order valence-corrected chi connectivity index (χ0v) is 12.1. The lowest BCUT2D eigenvalue weighted by atomic mass is 10.0. The number of carbonyl (C=O) groups excluding carboxylic acids is 1. The van der Waals surface area contributed by atoms with Gasteiger partial charge in [0.05, 0.1) is 0 Å². The van der Waals surface area contributed by atoms with Gasteiger partial charge in [-0.1, -0.05) is 46.3 Å². The molecule has 0 heterocycles. The van der Waals surface area contributed by atoms with Crippen molar-refractivity contribution >= 4 is 33.4 Å². The lowest BCUT2D eigenvalue weighted by molar-refractivity contribution is 0.249. The van der Waals surface area contributed by atoms with E-state index >= 15 is 0 Å². The summed E-state index contributed by atoms with van der Waals surface area (Å²) in [5.41, 5.74) is 15.9. The van der Waals surface area contributed by atoms with Gasteiger partial charge in [0.2, 0.25) is 0 Å². The fourth-order valence-electron chi connectivity index (χ4n) is 1.72. The number of rotatable bonds is 3. The first-order chi connectivity index (χ1) is 9.58. The number of hydrogen-bond acceptors (Lipinski definition) is 3. The maximum atomic E-state index is 10.9. The highest BCUT2D eigenvalue weighted by Crippen LogP contribution is 2.22. The van der Waals surface area contributed by atoms with E-state index in [0.717, 1.165) is 10.0 Å². The molecular formula is C14H13BrN4O. The Labute approximate surface area is 124 Å². The lowest BCUT2D eigenvalue weighted by Gasteiger charge is -2.10. The summed E-state index contributed by atoms with van der Waals surface area (Å²) in [6, 6.07) is 14.1. The summed E-state index contributed by atoms with van der Waals surface area (Å²) in [6.45, 7) is 0. The number of halogens is 1. The number of nitrogens with one attached hydrogen (secondary N) is 1. The van der Waals surface area contributed by atoms with Crippen LogP contribution in [0.3, 0.4) is 0 Å². The van der Waals surface area contributed by atoms with Crippen molar-refractivity contribution in [1.29, 1.82) is 0 Å². The van der Waals surface area contributed by atoms with E-state index in [-0.39, 0.29) is 0 Å². The summed E-state index contributed by atoms with van der Waals surface area (Å²) >= 11 is 3.39. The van der Waals surface area contributed by atoms with E-state index in [2.05, 4.69) is 26.5 Å². The van der Waals surface area contributed by atoms with Crippen LogP contribution in [-0.4, -0.2) is 11.7 Å². The highest BCUT2D eigenvalue weighted by atomic mass is 79.9. The quantitative estimate of drug-likeness (QED) is 0.457. The van der Waals surface area contributed by atoms with Gasteiger partial charge in [-0.05, 0) is 18.2 Å². The van der Waals surface area contributed by atoms with Crippen LogP contribution in [-0.2, 0) is 0 Å². The van der Waals surface area contributed by atoms with Crippen molar-refractivity contribution in [2.75, 3.05) is 5.73 Å². The van der Waals surface area contributed by atoms with Crippen LogP contribution in [0.4, 0.5) is 10.5 Å². The highest BCUT2D eigenvalue weighted by molar-refractivity contribution is 9.10. The fourth-order valence-corrected chi connectivity index (χ4v) is 2.08. The predicted molar refractivity (Wildman–Crippen MR) is 83.4 cm³/mol. The molecule has 0 saturated heterocycles. The Balaban J connectivity index is 2.55. The summed E-state index contributed by atoms with van der Waals surface area (Å²) in [4.78, 5) is 10.9. The van der Waals surface area contributed by atoms with Crippen molar-refractivity contribution in [3.05, 3.63) is 64.1 Å². The SMILES string of the molecule is NC(=O)N/N=C(/c1ccccc1)c1cc(Br)ccc1N. The first kappa shape index (κ1) is 14.1. The number of carbonyl (C=O) groups is 1. The summed E-state index contributed by atoms with van der Waals surface area (Å²) in [6.07, 6.45) is 0. The minimum absolute atomic E-state index is 0.545. The molecule has 0 saturated carbocycles. The number of benzene rings is 2. The zero-order valence-electron chi connectivity index (χ0n) is 10.5. The van der Waals surface area contributed by atoms with Gasteiger partial charge in [-0.3, -0.25) is 0 Å². The third-order valence-corrected chi connectivity index (χ3v) is 3.09. The molecule has 0 aromatic heterocycles. The number of primary amides is 1. The number of hydrazone groups is 1. The molecule has 0 atom stereocenters. The smallest absolute Gasteiger partial charge is 0.332 e. The molecule has 0 radical (unpaired) electrons. The molecular weight excluding hydrogens is 320 g/mol. The van der Waals surface area contributed by atoms with Crippen LogP contribution >= 0.6 is 15.9 Å². The van der Waals surface area contributed by atoms with Crippen LogP contribution in [0, 0.1) is 0 Å². The van der Waals surface area contributed by atoms with E-state index in [9.17, 15) is 4.79 Å². The van der Waals surface area contributed by atoms with Crippen LogP contribution < -0.4 is 16.9 Å². The molecule has 0 aliphatic carbocycles.